The molecule has 2 heterocycles. The van der Waals surface area contributed by atoms with Crippen molar-refractivity contribution >= 4 is 17.1 Å². The standard InChI is InChI=1S/C19H17FN4O/c1-23(13-19(25)22-16-6-4-5-15(20)9-16)11-14-12-24-8-3-2-7-18(24)17(14)10-21/h2-9,12H,11,13H2,1H3,(H,22,25). The molecule has 126 valence electrons. The van der Waals surface area contributed by atoms with E-state index < -0.39 is 5.82 Å². The Balaban J connectivity index is 1.67. The highest BCUT2D eigenvalue weighted by molar-refractivity contribution is 5.92. The summed E-state index contributed by atoms with van der Waals surface area (Å²) in [5, 5.41) is 12.1. The zero-order valence-electron chi connectivity index (χ0n) is 13.7. The zero-order chi connectivity index (χ0) is 17.8. The molecule has 0 atom stereocenters. The van der Waals surface area contributed by atoms with Gasteiger partial charge in [-0.15, -0.1) is 0 Å². The molecule has 25 heavy (non-hydrogen) atoms. The van der Waals surface area contributed by atoms with Gasteiger partial charge in [-0.25, -0.2) is 4.39 Å². The largest absolute Gasteiger partial charge is 0.325 e. The maximum Gasteiger partial charge on any atom is 0.238 e. The van der Waals surface area contributed by atoms with Crippen molar-refractivity contribution in [2.75, 3.05) is 18.9 Å². The first-order chi connectivity index (χ1) is 12.1. The van der Waals surface area contributed by atoms with Crippen molar-refractivity contribution in [1.29, 1.82) is 5.26 Å². The monoisotopic (exact) mass is 336 g/mol. The minimum atomic E-state index is -0.398. The number of nitrogens with one attached hydrogen (secondary N) is 1. The molecular weight excluding hydrogens is 319 g/mol. The molecule has 0 spiro atoms. The van der Waals surface area contributed by atoms with Crippen molar-refractivity contribution in [2.45, 2.75) is 6.54 Å². The van der Waals surface area contributed by atoms with E-state index in [1.807, 2.05) is 39.9 Å². The molecular formula is C19H17FN4O. The summed E-state index contributed by atoms with van der Waals surface area (Å²) in [6.45, 7) is 0.592. The summed E-state index contributed by atoms with van der Waals surface area (Å²) in [6, 6.07) is 13.7. The topological polar surface area (TPSA) is 60.5 Å². The zero-order valence-corrected chi connectivity index (χ0v) is 13.7. The average molecular weight is 336 g/mol. The lowest BCUT2D eigenvalue weighted by atomic mass is 10.1. The average Bonchev–Trinajstić information content (AvgIpc) is 2.91. The fourth-order valence-corrected chi connectivity index (χ4v) is 2.78. The lowest BCUT2D eigenvalue weighted by Crippen LogP contribution is -2.29. The summed E-state index contributed by atoms with van der Waals surface area (Å²) in [5.41, 5.74) is 2.73. The van der Waals surface area contributed by atoms with Gasteiger partial charge in [0, 0.05) is 30.2 Å². The Bertz CT molecular complexity index is 957. The summed E-state index contributed by atoms with van der Waals surface area (Å²) in [4.78, 5) is 13.9. The second-order valence-electron chi connectivity index (χ2n) is 5.87. The Morgan fingerprint density at radius 1 is 1.32 bits per heavy atom. The predicted molar refractivity (Wildman–Crippen MR) is 93.5 cm³/mol. The summed E-state index contributed by atoms with van der Waals surface area (Å²) >= 11 is 0. The molecule has 0 saturated heterocycles. The summed E-state index contributed by atoms with van der Waals surface area (Å²) in [7, 11) is 1.80. The van der Waals surface area contributed by atoms with E-state index in [0.717, 1.165) is 11.1 Å². The first-order valence-electron chi connectivity index (χ1n) is 7.79. The van der Waals surface area contributed by atoms with Crippen LogP contribution >= 0.6 is 0 Å². The molecule has 0 fully saturated rings. The fraction of sp³-hybridized carbons (Fsp3) is 0.158. The van der Waals surface area contributed by atoms with Gasteiger partial charge in [0.15, 0.2) is 0 Å². The first-order valence-corrected chi connectivity index (χ1v) is 7.79. The minimum absolute atomic E-state index is 0.133. The molecule has 1 N–H and O–H groups in total. The van der Waals surface area contributed by atoms with Gasteiger partial charge in [-0.05, 0) is 37.4 Å². The highest BCUT2D eigenvalue weighted by atomic mass is 19.1. The Hall–Kier alpha value is -3.17. The highest BCUT2D eigenvalue weighted by Crippen LogP contribution is 2.19. The molecule has 3 aromatic rings. The quantitative estimate of drug-likeness (QED) is 0.779. The third-order valence-corrected chi connectivity index (χ3v) is 3.84. The van der Waals surface area contributed by atoms with Crippen LogP contribution < -0.4 is 5.32 Å². The number of aromatic nitrogens is 1. The van der Waals surface area contributed by atoms with Gasteiger partial charge >= 0.3 is 0 Å². The molecule has 0 saturated carbocycles. The van der Waals surface area contributed by atoms with E-state index >= 15 is 0 Å². The van der Waals surface area contributed by atoms with Gasteiger partial charge in [-0.1, -0.05) is 12.1 Å². The normalized spacial score (nSPS) is 10.8. The van der Waals surface area contributed by atoms with Gasteiger partial charge in [0.25, 0.3) is 0 Å². The Labute approximate surface area is 144 Å². The number of benzene rings is 1. The lowest BCUT2D eigenvalue weighted by Gasteiger charge is -2.15. The van der Waals surface area contributed by atoms with Crippen LogP contribution in [0.2, 0.25) is 0 Å². The third-order valence-electron chi connectivity index (χ3n) is 3.84. The molecule has 0 unspecified atom stereocenters. The van der Waals surface area contributed by atoms with Crippen LogP contribution in [0.4, 0.5) is 10.1 Å². The molecule has 0 bridgehead atoms. The SMILES string of the molecule is CN(CC(=O)Nc1cccc(F)c1)Cc1cn2ccccc2c1C#N. The number of fused-ring (bicyclic) bond motifs is 1. The van der Waals surface area contributed by atoms with E-state index in [4.69, 9.17) is 0 Å². The van der Waals surface area contributed by atoms with Gasteiger partial charge in [-0.2, -0.15) is 5.26 Å². The van der Waals surface area contributed by atoms with Crippen molar-refractivity contribution in [3.05, 3.63) is 71.8 Å². The van der Waals surface area contributed by atoms with Crippen molar-refractivity contribution < 1.29 is 9.18 Å². The second kappa shape index (κ2) is 7.16. The van der Waals surface area contributed by atoms with Crippen LogP contribution in [0.15, 0.2) is 54.9 Å². The summed E-state index contributed by atoms with van der Waals surface area (Å²) in [5.74, 6) is -0.638. The molecule has 1 aromatic carbocycles. The lowest BCUT2D eigenvalue weighted by molar-refractivity contribution is -0.117. The fourth-order valence-electron chi connectivity index (χ4n) is 2.78. The number of likely N-dealkylation sites (N-methyl/N-ethyl adjacent to an activating group) is 1. The number of halogens is 1. The van der Waals surface area contributed by atoms with E-state index in [0.29, 0.717) is 17.8 Å². The number of nitrogens with zero attached hydrogens (tertiary/aromatic N) is 3. The highest BCUT2D eigenvalue weighted by Gasteiger charge is 2.14. The van der Waals surface area contributed by atoms with E-state index in [1.54, 1.807) is 19.2 Å². The molecule has 0 aliphatic carbocycles. The number of carbonyl (C=O) groups excluding carboxylic acids is 1. The number of amides is 1. The van der Waals surface area contributed by atoms with Crippen molar-refractivity contribution in [3.8, 4) is 6.07 Å². The van der Waals surface area contributed by atoms with Crippen LogP contribution in [0, 0.1) is 17.1 Å². The molecule has 1 amide bonds. The van der Waals surface area contributed by atoms with Crippen molar-refractivity contribution in [1.82, 2.24) is 9.30 Å². The summed E-state index contributed by atoms with van der Waals surface area (Å²) < 4.78 is 15.1. The van der Waals surface area contributed by atoms with Crippen LogP contribution in [-0.2, 0) is 11.3 Å². The maximum atomic E-state index is 13.2. The van der Waals surface area contributed by atoms with Crippen LogP contribution in [0.25, 0.3) is 5.52 Å². The Morgan fingerprint density at radius 3 is 2.92 bits per heavy atom. The van der Waals surface area contributed by atoms with Gasteiger partial charge < -0.3 is 9.72 Å². The molecule has 2 aromatic heterocycles. The number of anilines is 1. The molecule has 6 heteroatoms. The Kier molecular flexibility index (Phi) is 4.78. The number of pyridine rings is 1. The number of hydrogen-bond donors (Lipinski definition) is 1. The molecule has 0 aliphatic heterocycles. The van der Waals surface area contributed by atoms with Crippen LogP contribution in [0.3, 0.4) is 0 Å². The van der Waals surface area contributed by atoms with Crippen molar-refractivity contribution in [2.24, 2.45) is 0 Å². The van der Waals surface area contributed by atoms with E-state index in [2.05, 4.69) is 11.4 Å². The van der Waals surface area contributed by atoms with Gasteiger partial charge in [0.2, 0.25) is 5.91 Å². The van der Waals surface area contributed by atoms with Crippen molar-refractivity contribution in [3.63, 3.8) is 0 Å². The number of carbonyl (C=O) groups is 1. The van der Waals surface area contributed by atoms with Gasteiger partial charge in [0.05, 0.1) is 17.6 Å². The molecule has 0 radical (unpaired) electrons. The number of hydrogen-bond acceptors (Lipinski definition) is 3. The predicted octanol–water partition coefficient (Wildman–Crippen LogP) is 3.02. The molecule has 0 aliphatic rings. The van der Waals surface area contributed by atoms with Gasteiger partial charge in [-0.3, -0.25) is 9.69 Å². The second-order valence-corrected chi connectivity index (χ2v) is 5.87. The molecule has 5 nitrogen and oxygen atoms in total. The molecule has 3 rings (SSSR count). The summed E-state index contributed by atoms with van der Waals surface area (Å²) in [6.07, 6.45) is 3.78. The van der Waals surface area contributed by atoms with E-state index in [-0.39, 0.29) is 12.5 Å². The Morgan fingerprint density at radius 2 is 2.16 bits per heavy atom. The van der Waals surface area contributed by atoms with Crippen LogP contribution in [-0.4, -0.2) is 28.8 Å². The third kappa shape index (κ3) is 3.84. The van der Waals surface area contributed by atoms with Gasteiger partial charge in [0.1, 0.15) is 11.9 Å². The smallest absolute Gasteiger partial charge is 0.238 e. The van der Waals surface area contributed by atoms with E-state index in [9.17, 15) is 14.4 Å². The first kappa shape index (κ1) is 16.7. The van der Waals surface area contributed by atoms with Crippen LogP contribution in [0.1, 0.15) is 11.1 Å². The number of rotatable bonds is 5. The maximum absolute atomic E-state index is 13.2. The number of nitriles is 1. The minimum Gasteiger partial charge on any atom is -0.325 e. The van der Waals surface area contributed by atoms with E-state index in [1.165, 1.54) is 12.1 Å². The van der Waals surface area contributed by atoms with Crippen LogP contribution in [0.5, 0.6) is 0 Å².